The number of piperidine rings is 1. The van der Waals surface area contributed by atoms with Crippen molar-refractivity contribution < 1.29 is 14.3 Å². The van der Waals surface area contributed by atoms with Crippen LogP contribution in [0.5, 0.6) is 0 Å². The normalized spacial score (nSPS) is 18.9. The molecule has 1 amide bonds. The molecule has 2 saturated heterocycles. The number of hydrogen-bond acceptors (Lipinski definition) is 6. The molecule has 0 aliphatic carbocycles. The zero-order valence-electron chi connectivity index (χ0n) is 21.4. The van der Waals surface area contributed by atoms with E-state index in [0.29, 0.717) is 18.5 Å². The molecule has 2 aromatic rings. The average Bonchev–Trinajstić information content (AvgIpc) is 3.24. The lowest BCUT2D eigenvalue weighted by Gasteiger charge is -2.37. The number of likely N-dealkylation sites (N-methyl/N-ethyl adjacent to an activating group) is 1. The van der Waals surface area contributed by atoms with Gasteiger partial charge in [0, 0.05) is 51.4 Å². The molecule has 2 fully saturated rings. The number of nitrogens with one attached hydrogen (secondary N) is 2. The summed E-state index contributed by atoms with van der Waals surface area (Å²) in [7, 11) is 4.34. The van der Waals surface area contributed by atoms with Gasteiger partial charge in [0.2, 0.25) is 6.41 Å². The highest BCUT2D eigenvalue weighted by Crippen LogP contribution is 2.43. The van der Waals surface area contributed by atoms with Crippen molar-refractivity contribution in [1.29, 1.82) is 0 Å². The molecule has 7 nitrogen and oxygen atoms in total. The van der Waals surface area contributed by atoms with Gasteiger partial charge in [0.25, 0.3) is 0 Å². The molecule has 0 radical (unpaired) electrons. The molecular weight excluding hydrogens is 440 g/mol. The second kappa shape index (κ2) is 13.5. The minimum atomic E-state index is 0.0447. The van der Waals surface area contributed by atoms with E-state index < -0.39 is 0 Å². The number of aryl methyl sites for hydroxylation is 1. The monoisotopic (exact) mass is 480 g/mol. The van der Waals surface area contributed by atoms with Crippen LogP contribution in [-0.4, -0.2) is 75.9 Å². The van der Waals surface area contributed by atoms with Gasteiger partial charge in [-0.05, 0) is 62.2 Å². The molecule has 35 heavy (non-hydrogen) atoms. The highest BCUT2D eigenvalue weighted by atomic mass is 16.5. The van der Waals surface area contributed by atoms with Gasteiger partial charge in [-0.1, -0.05) is 36.4 Å². The van der Waals surface area contributed by atoms with E-state index in [9.17, 15) is 9.59 Å². The van der Waals surface area contributed by atoms with Crippen LogP contribution in [0.3, 0.4) is 0 Å². The van der Waals surface area contributed by atoms with Crippen molar-refractivity contribution in [3.63, 3.8) is 0 Å². The summed E-state index contributed by atoms with van der Waals surface area (Å²) < 4.78 is 6.07. The largest absolute Gasteiger partial charge is 0.365 e. The van der Waals surface area contributed by atoms with E-state index in [1.807, 2.05) is 13.0 Å². The van der Waals surface area contributed by atoms with Gasteiger partial charge in [0.1, 0.15) is 6.29 Å². The maximum atomic E-state index is 10.4. The number of rotatable bonds is 4. The second-order valence-electron chi connectivity index (χ2n) is 9.60. The number of fused-ring (bicyclic) bond motifs is 2. The van der Waals surface area contributed by atoms with Crippen LogP contribution >= 0.6 is 0 Å². The van der Waals surface area contributed by atoms with Crippen molar-refractivity contribution >= 4 is 12.7 Å². The van der Waals surface area contributed by atoms with Crippen molar-refractivity contribution in [2.75, 3.05) is 53.4 Å². The molecule has 5 rings (SSSR count). The maximum absolute atomic E-state index is 10.4. The van der Waals surface area contributed by atoms with Crippen molar-refractivity contribution in [2.24, 2.45) is 0 Å². The number of amides is 1. The lowest BCUT2D eigenvalue weighted by Crippen LogP contribution is -2.40. The van der Waals surface area contributed by atoms with Gasteiger partial charge in [0.15, 0.2) is 0 Å². The molecule has 0 unspecified atom stereocenters. The summed E-state index contributed by atoms with van der Waals surface area (Å²) in [6, 6.07) is 14.1. The van der Waals surface area contributed by atoms with E-state index in [-0.39, 0.29) is 5.60 Å². The topological polar surface area (TPSA) is 73.9 Å². The Hall–Kier alpha value is -2.58. The Kier molecular flexibility index (Phi) is 10.4. The predicted octanol–water partition coefficient (Wildman–Crippen LogP) is 2.71. The summed E-state index contributed by atoms with van der Waals surface area (Å²) >= 11 is 0. The first-order valence-electron chi connectivity index (χ1n) is 12.5. The number of nitrogens with zero attached hydrogens (tertiary/aromatic N) is 2. The summed E-state index contributed by atoms with van der Waals surface area (Å²) in [4.78, 5) is 25.2. The zero-order chi connectivity index (χ0) is 25.1. The Balaban J connectivity index is 0.000000156. The fourth-order valence-corrected chi connectivity index (χ4v) is 4.70. The number of ether oxygens (including phenoxy) is 1. The van der Waals surface area contributed by atoms with Crippen LogP contribution in [0.15, 0.2) is 42.5 Å². The molecule has 1 spiro atoms. The average molecular weight is 481 g/mol. The minimum Gasteiger partial charge on any atom is -0.365 e. The predicted molar refractivity (Wildman–Crippen MR) is 139 cm³/mol. The first-order chi connectivity index (χ1) is 17.0. The van der Waals surface area contributed by atoms with Crippen LogP contribution in [0, 0.1) is 6.92 Å². The van der Waals surface area contributed by atoms with Crippen LogP contribution in [0.1, 0.15) is 45.5 Å². The molecule has 2 aromatic carbocycles. The number of carbonyl (C=O) groups excluding carboxylic acids is 2. The van der Waals surface area contributed by atoms with Crippen LogP contribution in [0.4, 0.5) is 0 Å². The third-order valence-electron chi connectivity index (χ3n) is 7.03. The van der Waals surface area contributed by atoms with Crippen LogP contribution in [0.25, 0.3) is 0 Å². The smallest absolute Gasteiger partial charge is 0.207 e. The zero-order valence-corrected chi connectivity index (χ0v) is 21.4. The molecule has 190 valence electrons. The van der Waals surface area contributed by atoms with E-state index in [2.05, 4.69) is 58.8 Å². The maximum Gasteiger partial charge on any atom is 0.207 e. The number of hydrogen-bond donors (Lipinski definition) is 2. The van der Waals surface area contributed by atoms with Gasteiger partial charge < -0.3 is 25.2 Å². The third-order valence-corrected chi connectivity index (χ3v) is 7.03. The van der Waals surface area contributed by atoms with Gasteiger partial charge in [-0.3, -0.25) is 9.59 Å². The highest BCUT2D eigenvalue weighted by molar-refractivity contribution is 5.75. The molecule has 0 atom stereocenters. The first kappa shape index (κ1) is 27.0. The summed E-state index contributed by atoms with van der Waals surface area (Å²) in [6.07, 6.45) is 3.75. The lowest BCUT2D eigenvalue weighted by molar-refractivity contribution is -0.109. The van der Waals surface area contributed by atoms with Crippen LogP contribution in [-0.2, 0) is 28.3 Å². The Morgan fingerprint density at radius 2 is 1.69 bits per heavy atom. The van der Waals surface area contributed by atoms with Crippen molar-refractivity contribution in [3.05, 3.63) is 70.3 Å². The Morgan fingerprint density at radius 3 is 2.29 bits per heavy atom. The molecule has 3 heterocycles. The number of likely N-dealkylation sites (tertiary alicyclic amines) is 1. The molecular formula is C28H40N4O3. The summed E-state index contributed by atoms with van der Waals surface area (Å²) in [5.74, 6) is 0. The van der Waals surface area contributed by atoms with Crippen molar-refractivity contribution in [2.45, 2.75) is 38.5 Å². The minimum absolute atomic E-state index is 0.0447. The summed E-state index contributed by atoms with van der Waals surface area (Å²) in [6.45, 7) is 10.3. The quantitative estimate of drug-likeness (QED) is 0.656. The summed E-state index contributed by atoms with van der Waals surface area (Å²) in [5, 5.41) is 5.85. The second-order valence-corrected chi connectivity index (χ2v) is 9.60. The van der Waals surface area contributed by atoms with Crippen LogP contribution < -0.4 is 10.6 Å². The molecule has 3 aliphatic heterocycles. The standard InChI is InChI=1S/C13H17NO.C10H11NO2.C5H12N2/c1-14-8-6-13(7-9-14)12-5-3-2-4-11(12)10-15-13;1-8-4-9(6-12)2-3-10(8)5-11-7-13;1-7-4-2-6-3-5-7/h2-5H,6-10H2,1H3;2-4,6-7H,5H2,1H3,(H,11,13);6H,2-5H2,1H3. The van der Waals surface area contributed by atoms with E-state index in [1.165, 1.54) is 24.2 Å². The molecule has 0 aromatic heterocycles. The summed E-state index contributed by atoms with van der Waals surface area (Å²) in [5.41, 5.74) is 5.58. The third kappa shape index (κ3) is 7.70. The van der Waals surface area contributed by atoms with E-state index in [4.69, 9.17) is 4.74 Å². The van der Waals surface area contributed by atoms with E-state index in [1.54, 1.807) is 12.1 Å². The molecule has 7 heteroatoms. The Bertz CT molecular complexity index is 951. The van der Waals surface area contributed by atoms with Gasteiger partial charge in [0.05, 0.1) is 12.2 Å². The molecule has 3 aliphatic rings. The fourth-order valence-electron chi connectivity index (χ4n) is 4.70. The van der Waals surface area contributed by atoms with Gasteiger partial charge in [-0.15, -0.1) is 0 Å². The number of aldehydes is 1. The van der Waals surface area contributed by atoms with E-state index in [0.717, 1.165) is 63.0 Å². The SMILES string of the molecule is CN1CCC2(CC1)OCc1ccccc12.CN1CCNCC1.Cc1cc(C=O)ccc1CNC=O. The van der Waals surface area contributed by atoms with Gasteiger partial charge in [-0.25, -0.2) is 0 Å². The number of carbonyl (C=O) groups is 2. The highest BCUT2D eigenvalue weighted by Gasteiger charge is 2.41. The van der Waals surface area contributed by atoms with Gasteiger partial charge in [-0.2, -0.15) is 0 Å². The molecule has 0 saturated carbocycles. The lowest BCUT2D eigenvalue weighted by atomic mass is 9.84. The van der Waals surface area contributed by atoms with E-state index >= 15 is 0 Å². The number of piperazine rings is 1. The first-order valence-corrected chi connectivity index (χ1v) is 12.5. The molecule has 0 bridgehead atoms. The van der Waals surface area contributed by atoms with Crippen molar-refractivity contribution in [3.8, 4) is 0 Å². The van der Waals surface area contributed by atoms with Gasteiger partial charge >= 0.3 is 0 Å². The van der Waals surface area contributed by atoms with Crippen LogP contribution in [0.2, 0.25) is 0 Å². The van der Waals surface area contributed by atoms with Crippen molar-refractivity contribution in [1.82, 2.24) is 20.4 Å². The number of benzene rings is 2. The fraction of sp³-hybridized carbons (Fsp3) is 0.500. The Labute approximate surface area is 209 Å². The Morgan fingerprint density at radius 1 is 1.00 bits per heavy atom. The molecule has 2 N–H and O–H groups in total.